The molecule has 0 aromatic heterocycles. The molecule has 0 unspecified atom stereocenters. The number of methoxy groups -OCH3 is 1. The molecule has 0 saturated carbocycles. The average molecular weight is 406 g/mol. The minimum absolute atomic E-state index is 0.0145. The van der Waals surface area contributed by atoms with Crippen LogP contribution in [0.4, 0.5) is 0 Å². The van der Waals surface area contributed by atoms with E-state index in [0.29, 0.717) is 21.2 Å². The van der Waals surface area contributed by atoms with E-state index in [1.807, 2.05) is 0 Å². The van der Waals surface area contributed by atoms with Crippen LogP contribution in [-0.2, 0) is 14.3 Å². The third-order valence-corrected chi connectivity index (χ3v) is 4.85. The molecule has 1 aliphatic heterocycles. The molecule has 140 valence electrons. The van der Waals surface area contributed by atoms with E-state index in [2.05, 4.69) is 0 Å². The number of likely N-dealkylation sites (tertiary alicyclic amines) is 1. The Balaban J connectivity index is 2.16. The number of carbonyl (C=O) groups excluding carboxylic acids is 2. The molecule has 1 saturated heterocycles. The van der Waals surface area contributed by atoms with E-state index in [9.17, 15) is 14.7 Å². The van der Waals surface area contributed by atoms with Gasteiger partial charge in [-0.2, -0.15) is 0 Å². The lowest BCUT2D eigenvalue weighted by atomic mass is 9.95. The number of carbonyl (C=O) groups is 2. The zero-order chi connectivity index (χ0) is 19.6. The summed E-state index contributed by atoms with van der Waals surface area (Å²) in [4.78, 5) is 26.7. The lowest BCUT2D eigenvalue weighted by molar-refractivity contribution is -0.140. The second-order valence-electron chi connectivity index (χ2n) is 6.05. The third-order valence-electron chi connectivity index (χ3n) is 4.36. The van der Waals surface area contributed by atoms with Gasteiger partial charge in [0.15, 0.2) is 0 Å². The fourth-order valence-electron chi connectivity index (χ4n) is 3.09. The van der Waals surface area contributed by atoms with Gasteiger partial charge >= 0.3 is 0 Å². The molecule has 1 atom stereocenters. The normalized spacial score (nSPS) is 18.9. The van der Waals surface area contributed by atoms with Gasteiger partial charge in [0.2, 0.25) is 0 Å². The molecule has 1 N–H and O–H groups in total. The number of hydrogen-bond donors (Lipinski definition) is 1. The van der Waals surface area contributed by atoms with Gasteiger partial charge in [-0.3, -0.25) is 9.59 Å². The molecule has 27 heavy (non-hydrogen) atoms. The van der Waals surface area contributed by atoms with E-state index in [-0.39, 0.29) is 24.5 Å². The van der Waals surface area contributed by atoms with Crippen molar-refractivity contribution < 1.29 is 19.4 Å². The molecule has 0 radical (unpaired) electrons. The fraction of sp³-hybridized carbons (Fsp3) is 0.200. The molecule has 1 fully saturated rings. The van der Waals surface area contributed by atoms with Crippen LogP contribution in [0.15, 0.2) is 54.1 Å². The van der Waals surface area contributed by atoms with Crippen LogP contribution in [-0.4, -0.2) is 42.0 Å². The van der Waals surface area contributed by atoms with E-state index in [0.717, 1.165) is 0 Å². The molecular weight excluding hydrogens is 389 g/mol. The molecule has 0 bridgehead atoms. The lowest BCUT2D eigenvalue weighted by Gasteiger charge is -2.25. The third kappa shape index (κ3) is 3.86. The predicted octanol–water partition coefficient (Wildman–Crippen LogP) is 4.06. The quantitative estimate of drug-likeness (QED) is 0.462. The Kier molecular flexibility index (Phi) is 5.85. The Labute approximate surface area is 166 Å². The van der Waals surface area contributed by atoms with Crippen molar-refractivity contribution in [1.29, 1.82) is 0 Å². The second-order valence-corrected chi connectivity index (χ2v) is 6.92. The summed E-state index contributed by atoms with van der Waals surface area (Å²) in [5, 5.41) is 11.8. The molecule has 0 aliphatic carbocycles. The highest BCUT2D eigenvalue weighted by molar-refractivity contribution is 6.46. The molecule has 0 spiro atoms. The van der Waals surface area contributed by atoms with Crippen LogP contribution in [0, 0.1) is 0 Å². The van der Waals surface area contributed by atoms with Crippen LogP contribution in [0.2, 0.25) is 10.0 Å². The van der Waals surface area contributed by atoms with Gasteiger partial charge < -0.3 is 14.7 Å². The van der Waals surface area contributed by atoms with Gasteiger partial charge in [0.25, 0.3) is 11.7 Å². The van der Waals surface area contributed by atoms with Crippen LogP contribution in [0.3, 0.4) is 0 Å². The first kappa shape index (κ1) is 19.4. The number of amides is 1. The first-order valence-electron chi connectivity index (χ1n) is 8.22. The molecule has 1 heterocycles. The number of nitrogens with zero attached hydrogens (tertiary/aromatic N) is 1. The van der Waals surface area contributed by atoms with Crippen LogP contribution >= 0.6 is 23.2 Å². The van der Waals surface area contributed by atoms with Crippen molar-refractivity contribution in [3.8, 4) is 0 Å². The highest BCUT2D eigenvalue weighted by Gasteiger charge is 2.45. The van der Waals surface area contributed by atoms with Gasteiger partial charge in [-0.25, -0.2) is 0 Å². The number of Topliss-reactive ketones (excluding diaryl/α,β-unsaturated/α-hetero) is 1. The van der Waals surface area contributed by atoms with E-state index in [1.165, 1.54) is 12.0 Å². The number of aliphatic hydroxyl groups excluding tert-OH is 1. The number of ether oxygens (including phenoxy) is 1. The number of hydrogen-bond acceptors (Lipinski definition) is 4. The maximum atomic E-state index is 12.7. The first-order chi connectivity index (χ1) is 12.9. The number of halogens is 2. The van der Waals surface area contributed by atoms with Crippen LogP contribution in [0.5, 0.6) is 0 Å². The smallest absolute Gasteiger partial charge is 0.295 e. The molecule has 5 nitrogen and oxygen atoms in total. The molecule has 1 aliphatic rings. The summed E-state index contributed by atoms with van der Waals surface area (Å²) in [5.74, 6) is -1.69. The average Bonchev–Trinajstić information content (AvgIpc) is 2.91. The summed E-state index contributed by atoms with van der Waals surface area (Å²) < 4.78 is 5.06. The number of rotatable bonds is 5. The molecule has 2 aromatic rings. The Morgan fingerprint density at radius 2 is 1.81 bits per heavy atom. The Morgan fingerprint density at radius 1 is 1.11 bits per heavy atom. The van der Waals surface area contributed by atoms with Crippen molar-refractivity contribution in [1.82, 2.24) is 4.90 Å². The van der Waals surface area contributed by atoms with Crippen molar-refractivity contribution in [3.63, 3.8) is 0 Å². The highest BCUT2D eigenvalue weighted by Crippen LogP contribution is 2.39. The van der Waals surface area contributed by atoms with Gasteiger partial charge in [0.1, 0.15) is 5.76 Å². The number of ketones is 1. The van der Waals surface area contributed by atoms with Gasteiger partial charge in [-0.15, -0.1) is 0 Å². The fourth-order valence-corrected chi connectivity index (χ4v) is 3.41. The maximum Gasteiger partial charge on any atom is 0.295 e. The minimum Gasteiger partial charge on any atom is -0.507 e. The maximum absolute atomic E-state index is 12.7. The monoisotopic (exact) mass is 405 g/mol. The van der Waals surface area contributed by atoms with Crippen molar-refractivity contribution in [2.75, 3.05) is 20.3 Å². The van der Waals surface area contributed by atoms with Gasteiger partial charge in [0, 0.05) is 29.3 Å². The largest absolute Gasteiger partial charge is 0.507 e. The van der Waals surface area contributed by atoms with Crippen LogP contribution in [0.25, 0.3) is 5.76 Å². The molecule has 3 rings (SSSR count). The van der Waals surface area contributed by atoms with E-state index >= 15 is 0 Å². The van der Waals surface area contributed by atoms with E-state index in [1.54, 1.807) is 48.5 Å². The zero-order valence-corrected chi connectivity index (χ0v) is 16.0. The summed E-state index contributed by atoms with van der Waals surface area (Å²) in [6.07, 6.45) is 0. The van der Waals surface area contributed by atoms with Crippen LogP contribution < -0.4 is 0 Å². The molecule has 1 amide bonds. The minimum atomic E-state index is -0.755. The van der Waals surface area contributed by atoms with E-state index in [4.69, 9.17) is 27.9 Å². The Hall–Kier alpha value is -2.34. The molecule has 7 heteroatoms. The predicted molar refractivity (Wildman–Crippen MR) is 104 cm³/mol. The van der Waals surface area contributed by atoms with Gasteiger partial charge in [-0.1, -0.05) is 35.3 Å². The first-order valence-corrected chi connectivity index (χ1v) is 8.98. The summed E-state index contributed by atoms with van der Waals surface area (Å²) >= 11 is 12.0. The van der Waals surface area contributed by atoms with Crippen molar-refractivity contribution >= 4 is 40.7 Å². The highest BCUT2D eigenvalue weighted by atomic mass is 35.5. The van der Waals surface area contributed by atoms with Gasteiger partial charge in [0.05, 0.1) is 18.2 Å². The lowest BCUT2D eigenvalue weighted by Crippen LogP contribution is -2.32. The van der Waals surface area contributed by atoms with Crippen molar-refractivity contribution in [2.45, 2.75) is 6.04 Å². The zero-order valence-electron chi connectivity index (χ0n) is 14.5. The summed E-state index contributed by atoms with van der Waals surface area (Å²) in [5.41, 5.74) is 1.05. The Bertz CT molecular complexity index is 908. The number of benzene rings is 2. The Morgan fingerprint density at radius 3 is 2.44 bits per heavy atom. The standard InChI is InChI=1S/C20H17Cl2NO4/c1-27-10-9-23-17(13-3-2-4-15(22)11-13)16(19(25)20(23)26)18(24)12-5-7-14(21)8-6-12/h2-8,11,17,24H,9-10H2,1H3/b18-16+/t17-/m1/s1. The van der Waals surface area contributed by atoms with Gasteiger partial charge in [-0.05, 0) is 42.0 Å². The molecular formula is C20H17Cl2NO4. The topological polar surface area (TPSA) is 66.8 Å². The molecule has 2 aromatic carbocycles. The van der Waals surface area contributed by atoms with Crippen LogP contribution in [0.1, 0.15) is 17.2 Å². The second kappa shape index (κ2) is 8.13. The van der Waals surface area contributed by atoms with Crippen molar-refractivity contribution in [2.24, 2.45) is 0 Å². The summed E-state index contributed by atoms with van der Waals surface area (Å²) in [6.45, 7) is 0.459. The van der Waals surface area contributed by atoms with Crippen molar-refractivity contribution in [3.05, 3.63) is 75.3 Å². The summed E-state index contributed by atoms with van der Waals surface area (Å²) in [6, 6.07) is 12.5. The van der Waals surface area contributed by atoms with E-state index < -0.39 is 17.7 Å². The number of aliphatic hydroxyl groups is 1. The SMILES string of the molecule is COCCN1C(=O)C(=O)/C(=C(/O)c2ccc(Cl)cc2)[C@H]1c1cccc(Cl)c1. The summed E-state index contributed by atoms with van der Waals surface area (Å²) in [7, 11) is 1.51.